The van der Waals surface area contributed by atoms with Crippen LogP contribution in [0.2, 0.25) is 0 Å². The highest BCUT2D eigenvalue weighted by Crippen LogP contribution is 2.26. The maximum absolute atomic E-state index is 12.4. The number of benzene rings is 1. The smallest absolute Gasteiger partial charge is 0.234 e. The quantitative estimate of drug-likeness (QED) is 0.898. The first-order chi connectivity index (χ1) is 12.3. The van der Waals surface area contributed by atoms with Gasteiger partial charge in [0, 0.05) is 18.5 Å². The van der Waals surface area contributed by atoms with Crippen molar-refractivity contribution in [3.8, 4) is 0 Å². The Hall–Kier alpha value is -1.88. The van der Waals surface area contributed by atoms with Gasteiger partial charge < -0.3 is 10.3 Å². The second-order valence-electron chi connectivity index (χ2n) is 7.62. The third kappa shape index (κ3) is 4.03. The first-order valence-corrected chi connectivity index (χ1v) is 9.74. The topological polar surface area (TPSA) is 61.0 Å². The van der Waals surface area contributed by atoms with Gasteiger partial charge in [0.05, 0.1) is 17.6 Å². The van der Waals surface area contributed by atoms with Crippen LogP contribution in [0.3, 0.4) is 0 Å². The van der Waals surface area contributed by atoms with Gasteiger partial charge in [0.2, 0.25) is 5.91 Å². The number of amides is 1. The summed E-state index contributed by atoms with van der Waals surface area (Å²) >= 11 is 0. The molecule has 1 atom stereocenters. The second kappa shape index (κ2) is 7.56. The molecule has 134 valence electrons. The highest BCUT2D eigenvalue weighted by molar-refractivity contribution is 5.78. The largest absolute Gasteiger partial charge is 0.352 e. The lowest BCUT2D eigenvalue weighted by Gasteiger charge is -2.32. The average molecular weight is 340 g/mol. The summed E-state index contributed by atoms with van der Waals surface area (Å²) < 4.78 is 0. The number of nitrogens with zero attached hydrogens (tertiary/aromatic N) is 2. The number of hydrogen-bond acceptors (Lipinski definition) is 3. The molecular weight excluding hydrogens is 312 g/mol. The molecule has 1 aromatic heterocycles. The summed E-state index contributed by atoms with van der Waals surface area (Å²) in [4.78, 5) is 22.9. The van der Waals surface area contributed by atoms with E-state index in [-0.39, 0.29) is 5.91 Å². The van der Waals surface area contributed by atoms with Gasteiger partial charge in [-0.3, -0.25) is 9.69 Å². The minimum atomic E-state index is 0.192. The maximum atomic E-state index is 12.4. The number of carbonyl (C=O) groups is 1. The fourth-order valence-corrected chi connectivity index (χ4v) is 4.31. The first kappa shape index (κ1) is 16.6. The third-order valence-electron chi connectivity index (χ3n) is 5.64. The Bertz CT molecular complexity index is 686. The fraction of sp³-hybridized carbons (Fsp3) is 0.600. The predicted octanol–water partition coefficient (Wildman–Crippen LogP) is 3.19. The second-order valence-corrected chi connectivity index (χ2v) is 7.62. The molecular formula is C20H28N4O. The van der Waals surface area contributed by atoms with Crippen LogP contribution in [0.25, 0.3) is 11.0 Å². The van der Waals surface area contributed by atoms with Gasteiger partial charge in [-0.15, -0.1) is 0 Å². The van der Waals surface area contributed by atoms with E-state index in [0.717, 1.165) is 55.6 Å². The number of aromatic nitrogens is 2. The Morgan fingerprint density at radius 3 is 2.84 bits per heavy atom. The molecule has 2 aromatic rings. The molecule has 5 nitrogen and oxygen atoms in total. The number of para-hydroxylation sites is 2. The van der Waals surface area contributed by atoms with Crippen molar-refractivity contribution >= 4 is 16.9 Å². The Morgan fingerprint density at radius 1 is 1.16 bits per heavy atom. The van der Waals surface area contributed by atoms with Gasteiger partial charge in [-0.1, -0.05) is 31.4 Å². The lowest BCUT2D eigenvalue weighted by Crippen LogP contribution is -2.45. The van der Waals surface area contributed by atoms with Crippen LogP contribution in [0.5, 0.6) is 0 Å². The van der Waals surface area contributed by atoms with Crippen molar-refractivity contribution in [2.75, 3.05) is 19.6 Å². The van der Waals surface area contributed by atoms with Crippen LogP contribution >= 0.6 is 0 Å². The van der Waals surface area contributed by atoms with Gasteiger partial charge in [0.25, 0.3) is 0 Å². The molecule has 0 radical (unpaired) electrons. The third-order valence-corrected chi connectivity index (χ3v) is 5.64. The molecule has 5 heteroatoms. The lowest BCUT2D eigenvalue weighted by atomic mass is 9.95. The number of aromatic amines is 1. The van der Waals surface area contributed by atoms with E-state index >= 15 is 0 Å². The number of piperidine rings is 1. The summed E-state index contributed by atoms with van der Waals surface area (Å²) in [6.07, 6.45) is 8.38. The summed E-state index contributed by atoms with van der Waals surface area (Å²) in [6.45, 7) is 2.44. The van der Waals surface area contributed by atoms with E-state index in [9.17, 15) is 4.79 Å². The summed E-state index contributed by atoms with van der Waals surface area (Å²) in [5.41, 5.74) is 2.13. The van der Waals surface area contributed by atoms with E-state index in [1.165, 1.54) is 19.3 Å². The number of nitrogens with one attached hydrogen (secondary N) is 2. The molecule has 2 N–H and O–H groups in total. The zero-order chi connectivity index (χ0) is 17.1. The Balaban J connectivity index is 1.34. The van der Waals surface area contributed by atoms with E-state index in [2.05, 4.69) is 21.3 Å². The highest BCUT2D eigenvalue weighted by Gasteiger charge is 2.25. The molecule has 0 unspecified atom stereocenters. The van der Waals surface area contributed by atoms with E-state index < -0.39 is 0 Å². The van der Waals surface area contributed by atoms with Crippen LogP contribution in [-0.2, 0) is 4.79 Å². The standard InChI is InChI=1S/C20H28N4O/c25-19(21-16-8-2-1-3-9-16)14-24-12-6-7-15(13-24)20-22-17-10-4-5-11-18(17)23-20/h4-5,10-11,15-16H,1-3,6-9,12-14H2,(H,21,25)(H,22,23)/t15-/m1/s1. The van der Waals surface area contributed by atoms with Crippen molar-refractivity contribution in [1.29, 1.82) is 0 Å². The number of imidazole rings is 1. The molecule has 2 fully saturated rings. The summed E-state index contributed by atoms with van der Waals surface area (Å²) in [7, 11) is 0. The van der Waals surface area contributed by atoms with Gasteiger partial charge in [-0.05, 0) is 44.4 Å². The van der Waals surface area contributed by atoms with E-state index in [4.69, 9.17) is 4.98 Å². The van der Waals surface area contributed by atoms with Gasteiger partial charge in [0.15, 0.2) is 0 Å². The molecule has 25 heavy (non-hydrogen) atoms. The Morgan fingerprint density at radius 2 is 2.00 bits per heavy atom. The highest BCUT2D eigenvalue weighted by atomic mass is 16.2. The van der Waals surface area contributed by atoms with Gasteiger partial charge in [0.1, 0.15) is 5.82 Å². The Kier molecular flexibility index (Phi) is 5.02. The molecule has 2 aliphatic rings. The van der Waals surface area contributed by atoms with Crippen molar-refractivity contribution < 1.29 is 4.79 Å². The predicted molar refractivity (Wildman–Crippen MR) is 99.5 cm³/mol. The van der Waals surface area contributed by atoms with Crippen LogP contribution in [0.4, 0.5) is 0 Å². The molecule has 1 aliphatic heterocycles. The molecule has 2 heterocycles. The van der Waals surface area contributed by atoms with Gasteiger partial charge in [-0.2, -0.15) is 0 Å². The molecule has 1 aromatic carbocycles. The van der Waals surface area contributed by atoms with Crippen molar-refractivity contribution in [2.45, 2.75) is 56.9 Å². The fourth-order valence-electron chi connectivity index (χ4n) is 4.31. The zero-order valence-corrected chi connectivity index (χ0v) is 14.8. The number of likely N-dealkylation sites (tertiary alicyclic amines) is 1. The summed E-state index contributed by atoms with van der Waals surface area (Å²) in [5.74, 6) is 1.65. The Labute approximate surface area is 149 Å². The minimum Gasteiger partial charge on any atom is -0.352 e. The molecule has 1 aliphatic carbocycles. The normalized spacial score (nSPS) is 23.0. The molecule has 0 spiro atoms. The van der Waals surface area contributed by atoms with Crippen molar-refractivity contribution in [1.82, 2.24) is 20.2 Å². The number of fused-ring (bicyclic) bond motifs is 1. The van der Waals surface area contributed by atoms with Crippen molar-refractivity contribution in [3.05, 3.63) is 30.1 Å². The van der Waals surface area contributed by atoms with Gasteiger partial charge in [-0.25, -0.2) is 4.98 Å². The van der Waals surface area contributed by atoms with Crippen LogP contribution in [0, 0.1) is 0 Å². The van der Waals surface area contributed by atoms with Crippen LogP contribution in [-0.4, -0.2) is 46.5 Å². The first-order valence-electron chi connectivity index (χ1n) is 9.74. The molecule has 1 amide bonds. The molecule has 0 bridgehead atoms. The molecule has 1 saturated heterocycles. The van der Waals surface area contributed by atoms with Gasteiger partial charge >= 0.3 is 0 Å². The number of hydrogen-bond donors (Lipinski definition) is 2. The maximum Gasteiger partial charge on any atom is 0.234 e. The minimum absolute atomic E-state index is 0.192. The zero-order valence-electron chi connectivity index (χ0n) is 14.8. The number of carbonyl (C=O) groups excluding carboxylic acids is 1. The number of H-pyrrole nitrogens is 1. The number of rotatable bonds is 4. The molecule has 1 saturated carbocycles. The van der Waals surface area contributed by atoms with Crippen molar-refractivity contribution in [3.63, 3.8) is 0 Å². The SMILES string of the molecule is O=C(CN1CCC[C@@H](c2nc3ccccc3[nH]2)C1)NC1CCCCC1. The van der Waals surface area contributed by atoms with E-state index in [1.54, 1.807) is 0 Å². The average Bonchev–Trinajstić information content (AvgIpc) is 3.07. The molecule has 4 rings (SSSR count). The van der Waals surface area contributed by atoms with E-state index in [0.29, 0.717) is 18.5 Å². The van der Waals surface area contributed by atoms with Crippen LogP contribution < -0.4 is 5.32 Å². The van der Waals surface area contributed by atoms with Crippen molar-refractivity contribution in [2.24, 2.45) is 0 Å². The summed E-state index contributed by atoms with van der Waals surface area (Å²) in [6, 6.07) is 8.58. The van der Waals surface area contributed by atoms with Crippen LogP contribution in [0.1, 0.15) is 56.7 Å². The van der Waals surface area contributed by atoms with Crippen LogP contribution in [0.15, 0.2) is 24.3 Å². The lowest BCUT2D eigenvalue weighted by molar-refractivity contribution is -0.123. The monoisotopic (exact) mass is 340 g/mol. The summed E-state index contributed by atoms with van der Waals surface area (Å²) in [5, 5.41) is 3.24. The van der Waals surface area contributed by atoms with E-state index in [1.807, 2.05) is 18.2 Å².